The molecule has 0 aliphatic rings. The Hall–Kier alpha value is -2.53. The molecule has 1 aromatic carbocycles. The maximum Gasteiger partial charge on any atom is 0.238 e. The van der Waals surface area contributed by atoms with Gasteiger partial charge in [0.15, 0.2) is 10.6 Å². The van der Waals surface area contributed by atoms with E-state index in [-0.39, 0.29) is 4.90 Å². The van der Waals surface area contributed by atoms with E-state index in [1.165, 1.54) is 12.1 Å². The number of primary sulfonamides is 1. The number of nitrogens with two attached hydrogens (primary N) is 1. The molecule has 0 unspecified atom stereocenters. The molecule has 0 spiro atoms. The molecule has 4 rings (SSSR count). The molecule has 0 saturated heterocycles. The van der Waals surface area contributed by atoms with Crippen LogP contribution in [0.3, 0.4) is 0 Å². The van der Waals surface area contributed by atoms with Crippen molar-refractivity contribution in [2.45, 2.75) is 4.90 Å². The summed E-state index contributed by atoms with van der Waals surface area (Å²) in [4.78, 5) is 4.53. The number of fused-ring (bicyclic) bond motifs is 1. The van der Waals surface area contributed by atoms with Crippen molar-refractivity contribution in [3.8, 4) is 17.2 Å². The largest absolute Gasteiger partial charge is 0.306 e. The normalized spacial score (nSPS) is 11.9. The predicted molar refractivity (Wildman–Crippen MR) is 99.3 cm³/mol. The van der Waals surface area contributed by atoms with Crippen LogP contribution in [-0.4, -0.2) is 32.6 Å². The van der Waals surface area contributed by atoms with Gasteiger partial charge < -0.3 is 4.40 Å². The highest BCUT2D eigenvalue weighted by Crippen LogP contribution is 2.23. The van der Waals surface area contributed by atoms with Crippen LogP contribution in [0.2, 0.25) is 5.02 Å². The number of imidazole rings is 1. The van der Waals surface area contributed by atoms with Gasteiger partial charge in [-0.05, 0) is 42.5 Å². The minimum absolute atomic E-state index is 0.0141. The molecular formula is C15H11ClN6O2S2. The minimum atomic E-state index is -3.77. The molecule has 3 heterocycles. The Morgan fingerprint density at radius 2 is 1.92 bits per heavy atom. The lowest BCUT2D eigenvalue weighted by Crippen LogP contribution is -2.12. The summed E-state index contributed by atoms with van der Waals surface area (Å²) in [6, 6.07) is 9.50. The van der Waals surface area contributed by atoms with Crippen molar-refractivity contribution >= 4 is 39.5 Å². The van der Waals surface area contributed by atoms with Gasteiger partial charge in [-0.15, -0.1) is 0 Å². The van der Waals surface area contributed by atoms with Crippen molar-refractivity contribution < 1.29 is 8.42 Å². The number of hydrogen-bond acceptors (Lipinski definition) is 5. The van der Waals surface area contributed by atoms with Gasteiger partial charge >= 0.3 is 0 Å². The van der Waals surface area contributed by atoms with Crippen LogP contribution >= 0.6 is 23.8 Å². The van der Waals surface area contributed by atoms with E-state index in [1.54, 1.807) is 41.2 Å². The molecule has 132 valence electrons. The Morgan fingerprint density at radius 3 is 2.62 bits per heavy atom. The number of aromatic nitrogens is 5. The first-order chi connectivity index (χ1) is 12.3. The number of halogens is 1. The third-order valence-electron chi connectivity index (χ3n) is 3.75. The highest BCUT2D eigenvalue weighted by molar-refractivity contribution is 7.89. The van der Waals surface area contributed by atoms with Crippen molar-refractivity contribution in [1.29, 1.82) is 0 Å². The standard InChI is InChI=1S/C15H11ClN6O2S2/c16-9-5-6-21-8-12(18-13(21)7-9)14-19-20-15(25)22(14)10-1-3-11(4-2-10)26(17,23)24/h1-8H,(H,20,25)(H2,17,23,24). The zero-order valence-electron chi connectivity index (χ0n) is 13.0. The summed E-state index contributed by atoms with van der Waals surface area (Å²) in [5.41, 5.74) is 1.87. The van der Waals surface area contributed by atoms with Gasteiger partial charge in [-0.25, -0.2) is 18.5 Å². The third kappa shape index (κ3) is 2.92. The van der Waals surface area contributed by atoms with Gasteiger partial charge in [0.2, 0.25) is 10.0 Å². The van der Waals surface area contributed by atoms with Gasteiger partial charge in [0.1, 0.15) is 11.3 Å². The van der Waals surface area contributed by atoms with E-state index >= 15 is 0 Å². The molecule has 4 aromatic rings. The summed E-state index contributed by atoms with van der Waals surface area (Å²) in [6.45, 7) is 0. The lowest BCUT2D eigenvalue weighted by Gasteiger charge is -2.06. The summed E-state index contributed by atoms with van der Waals surface area (Å²) in [6.07, 6.45) is 3.59. The lowest BCUT2D eigenvalue weighted by molar-refractivity contribution is 0.598. The highest BCUT2D eigenvalue weighted by Gasteiger charge is 2.15. The van der Waals surface area contributed by atoms with Crippen LogP contribution in [0.25, 0.3) is 22.9 Å². The summed E-state index contributed by atoms with van der Waals surface area (Å²) < 4.78 is 26.7. The van der Waals surface area contributed by atoms with Crippen LogP contribution in [0, 0.1) is 4.77 Å². The van der Waals surface area contributed by atoms with Crippen LogP contribution in [0.4, 0.5) is 0 Å². The Kier molecular flexibility index (Phi) is 3.92. The average Bonchev–Trinajstić information content (AvgIpc) is 3.17. The second kappa shape index (κ2) is 6.02. The maximum atomic E-state index is 11.4. The van der Waals surface area contributed by atoms with Crippen molar-refractivity contribution in [1.82, 2.24) is 24.1 Å². The molecule has 0 radical (unpaired) electrons. The number of rotatable bonds is 3. The molecule has 0 saturated carbocycles. The summed E-state index contributed by atoms with van der Waals surface area (Å²) >= 11 is 11.3. The van der Waals surface area contributed by atoms with Crippen LogP contribution in [0.5, 0.6) is 0 Å². The van der Waals surface area contributed by atoms with E-state index in [1.807, 2.05) is 4.40 Å². The van der Waals surface area contributed by atoms with Gasteiger partial charge in [0, 0.05) is 23.5 Å². The van der Waals surface area contributed by atoms with Crippen molar-refractivity contribution in [3.63, 3.8) is 0 Å². The molecule has 3 N–H and O–H groups in total. The number of sulfonamides is 1. The number of hydrogen-bond donors (Lipinski definition) is 2. The number of pyridine rings is 1. The fourth-order valence-electron chi connectivity index (χ4n) is 2.56. The Bertz CT molecular complexity index is 1290. The van der Waals surface area contributed by atoms with Crippen molar-refractivity contribution in [2.24, 2.45) is 5.14 Å². The molecule has 0 aliphatic heterocycles. The summed E-state index contributed by atoms with van der Waals surface area (Å²) in [5.74, 6) is 0.484. The van der Waals surface area contributed by atoms with Gasteiger partial charge in [0.25, 0.3) is 0 Å². The summed E-state index contributed by atoms with van der Waals surface area (Å²) in [5, 5.41) is 12.7. The minimum Gasteiger partial charge on any atom is -0.306 e. The maximum absolute atomic E-state index is 11.4. The molecule has 0 aliphatic carbocycles. The molecule has 8 nitrogen and oxygen atoms in total. The number of nitrogens with one attached hydrogen (secondary N) is 1. The predicted octanol–water partition coefficient (Wildman–Crippen LogP) is 2.55. The molecule has 11 heteroatoms. The molecule has 0 fully saturated rings. The zero-order chi connectivity index (χ0) is 18.5. The SMILES string of the molecule is NS(=O)(=O)c1ccc(-n2c(-c3cn4ccc(Cl)cc4n3)n[nH]c2=S)cc1. The van der Waals surface area contributed by atoms with E-state index in [0.29, 0.717) is 32.6 Å². The molecule has 26 heavy (non-hydrogen) atoms. The number of H-pyrrole nitrogens is 1. The van der Waals surface area contributed by atoms with Gasteiger partial charge in [-0.1, -0.05) is 11.6 Å². The first-order valence-electron chi connectivity index (χ1n) is 7.28. The van der Waals surface area contributed by atoms with Crippen LogP contribution < -0.4 is 5.14 Å². The fourth-order valence-corrected chi connectivity index (χ4v) is 3.46. The first kappa shape index (κ1) is 16.9. The topological polar surface area (TPSA) is 111 Å². The van der Waals surface area contributed by atoms with E-state index in [0.717, 1.165) is 0 Å². The Balaban J connectivity index is 1.86. The highest BCUT2D eigenvalue weighted by atomic mass is 35.5. The first-order valence-corrected chi connectivity index (χ1v) is 9.61. The van der Waals surface area contributed by atoms with Crippen LogP contribution in [-0.2, 0) is 10.0 Å². The van der Waals surface area contributed by atoms with E-state index in [9.17, 15) is 8.42 Å². The lowest BCUT2D eigenvalue weighted by atomic mass is 10.3. The monoisotopic (exact) mass is 406 g/mol. The Labute approximate surface area is 157 Å². The van der Waals surface area contributed by atoms with E-state index in [2.05, 4.69) is 15.2 Å². The summed E-state index contributed by atoms with van der Waals surface area (Å²) in [7, 11) is -3.77. The smallest absolute Gasteiger partial charge is 0.238 e. The van der Waals surface area contributed by atoms with Gasteiger partial charge in [-0.2, -0.15) is 5.10 Å². The van der Waals surface area contributed by atoms with E-state index < -0.39 is 10.0 Å². The zero-order valence-corrected chi connectivity index (χ0v) is 15.4. The molecular weight excluding hydrogens is 396 g/mol. The quantitative estimate of drug-likeness (QED) is 0.508. The second-order valence-corrected chi connectivity index (χ2v) is 7.85. The fraction of sp³-hybridized carbons (Fsp3) is 0. The Morgan fingerprint density at radius 1 is 1.19 bits per heavy atom. The molecule has 0 amide bonds. The molecule has 0 bridgehead atoms. The van der Waals surface area contributed by atoms with Crippen molar-refractivity contribution in [2.75, 3.05) is 0 Å². The third-order valence-corrected chi connectivity index (χ3v) is 5.19. The van der Waals surface area contributed by atoms with Crippen LogP contribution in [0.15, 0.2) is 53.7 Å². The molecule has 3 aromatic heterocycles. The van der Waals surface area contributed by atoms with E-state index in [4.69, 9.17) is 29.0 Å². The second-order valence-electron chi connectivity index (χ2n) is 5.46. The van der Waals surface area contributed by atoms with Gasteiger partial charge in [-0.3, -0.25) is 9.67 Å². The van der Waals surface area contributed by atoms with Gasteiger partial charge in [0.05, 0.1) is 10.6 Å². The molecule has 0 atom stereocenters. The van der Waals surface area contributed by atoms with Crippen molar-refractivity contribution in [3.05, 3.63) is 58.6 Å². The average molecular weight is 407 g/mol. The number of aromatic amines is 1. The van der Waals surface area contributed by atoms with Crippen LogP contribution in [0.1, 0.15) is 0 Å². The number of benzene rings is 1. The number of nitrogens with zero attached hydrogens (tertiary/aromatic N) is 4.